The smallest absolute Gasteiger partial charge is 0.188 e. The van der Waals surface area contributed by atoms with Gasteiger partial charge in [-0.15, -0.1) is 0 Å². The predicted molar refractivity (Wildman–Crippen MR) is 77.5 cm³/mol. The highest BCUT2D eigenvalue weighted by Gasteiger charge is 2.16. The molecule has 2 rings (SSSR count). The van der Waals surface area contributed by atoms with Crippen molar-refractivity contribution in [3.8, 4) is 11.5 Å². The van der Waals surface area contributed by atoms with E-state index in [0.717, 1.165) is 5.56 Å². The fourth-order valence-corrected chi connectivity index (χ4v) is 1.88. The number of ether oxygens (including phenoxy) is 2. The van der Waals surface area contributed by atoms with Crippen LogP contribution in [0.1, 0.15) is 5.56 Å². The van der Waals surface area contributed by atoms with Gasteiger partial charge in [0.2, 0.25) is 0 Å². The lowest BCUT2D eigenvalue weighted by atomic mass is 10.2. The molecule has 0 aliphatic rings. The summed E-state index contributed by atoms with van der Waals surface area (Å²) < 4.78 is 24.5. The maximum atomic E-state index is 14.0. The van der Waals surface area contributed by atoms with Crippen molar-refractivity contribution in [2.24, 2.45) is 0 Å². The minimum Gasteiger partial charge on any atom is -0.452 e. The summed E-state index contributed by atoms with van der Waals surface area (Å²) in [7, 11) is 1.59. The van der Waals surface area contributed by atoms with Crippen molar-refractivity contribution in [2.45, 2.75) is 6.61 Å². The summed E-state index contributed by atoms with van der Waals surface area (Å²) >= 11 is 5.75. The highest BCUT2D eigenvalue weighted by atomic mass is 35.5. The van der Waals surface area contributed by atoms with E-state index < -0.39 is 5.82 Å². The number of hydrogen-bond donors (Lipinski definition) is 2. The molecule has 20 heavy (non-hydrogen) atoms. The predicted octanol–water partition coefficient (Wildman–Crippen LogP) is 3.58. The van der Waals surface area contributed by atoms with Gasteiger partial charge in [0.25, 0.3) is 0 Å². The van der Waals surface area contributed by atoms with Crippen LogP contribution in [0.15, 0.2) is 30.3 Å². The van der Waals surface area contributed by atoms with Gasteiger partial charge < -0.3 is 20.9 Å². The van der Waals surface area contributed by atoms with Crippen molar-refractivity contribution < 1.29 is 13.9 Å². The quantitative estimate of drug-likeness (QED) is 0.846. The monoisotopic (exact) mass is 296 g/mol. The molecular formula is C14H14ClFN2O2. The van der Waals surface area contributed by atoms with Crippen LogP contribution < -0.4 is 16.2 Å². The maximum absolute atomic E-state index is 14.0. The van der Waals surface area contributed by atoms with Crippen molar-refractivity contribution in [2.75, 3.05) is 18.6 Å². The summed E-state index contributed by atoms with van der Waals surface area (Å²) in [4.78, 5) is 0. The summed E-state index contributed by atoms with van der Waals surface area (Å²) in [5.41, 5.74) is 12.3. The van der Waals surface area contributed by atoms with Gasteiger partial charge in [0.05, 0.1) is 18.0 Å². The fourth-order valence-electron chi connectivity index (χ4n) is 1.74. The largest absolute Gasteiger partial charge is 0.452 e. The molecule has 2 aromatic carbocycles. The molecule has 0 aliphatic heterocycles. The van der Waals surface area contributed by atoms with Gasteiger partial charge in [0.1, 0.15) is 10.8 Å². The van der Waals surface area contributed by atoms with E-state index in [4.69, 9.17) is 32.5 Å². The normalized spacial score (nSPS) is 10.6. The van der Waals surface area contributed by atoms with Crippen LogP contribution in [0.25, 0.3) is 0 Å². The van der Waals surface area contributed by atoms with E-state index in [-0.39, 0.29) is 22.1 Å². The molecule has 0 saturated carbocycles. The molecule has 106 valence electrons. The second-order valence-corrected chi connectivity index (χ2v) is 4.57. The van der Waals surface area contributed by atoms with Gasteiger partial charge in [-0.25, -0.2) is 4.39 Å². The van der Waals surface area contributed by atoms with E-state index in [1.54, 1.807) is 25.3 Å². The second-order valence-electron chi connectivity index (χ2n) is 4.19. The first-order valence-corrected chi connectivity index (χ1v) is 6.19. The SMILES string of the molecule is COCc1cccc(Oc2c(N)cc(N)c(Cl)c2F)c1. The molecule has 0 aromatic heterocycles. The molecule has 6 heteroatoms. The van der Waals surface area contributed by atoms with E-state index >= 15 is 0 Å². The van der Waals surface area contributed by atoms with E-state index in [1.165, 1.54) is 6.07 Å². The van der Waals surface area contributed by atoms with Gasteiger partial charge in [-0.3, -0.25) is 0 Å². The van der Waals surface area contributed by atoms with Crippen LogP contribution >= 0.6 is 11.6 Å². The number of nitrogens with two attached hydrogens (primary N) is 2. The Kier molecular flexibility index (Phi) is 4.32. The number of rotatable bonds is 4. The Morgan fingerprint density at radius 2 is 1.95 bits per heavy atom. The Balaban J connectivity index is 2.35. The molecule has 0 spiro atoms. The molecule has 0 atom stereocenters. The lowest BCUT2D eigenvalue weighted by Gasteiger charge is -2.12. The summed E-state index contributed by atoms with van der Waals surface area (Å²) in [6.45, 7) is 0.428. The molecule has 0 saturated heterocycles. The summed E-state index contributed by atoms with van der Waals surface area (Å²) in [5, 5.41) is -0.206. The van der Waals surface area contributed by atoms with Gasteiger partial charge in [0, 0.05) is 7.11 Å². The average molecular weight is 297 g/mol. The summed E-state index contributed by atoms with van der Waals surface area (Å²) in [5.74, 6) is -0.480. The van der Waals surface area contributed by atoms with E-state index in [0.29, 0.717) is 12.4 Å². The lowest BCUT2D eigenvalue weighted by Crippen LogP contribution is -2.00. The van der Waals surface area contributed by atoms with Crippen molar-refractivity contribution in [3.63, 3.8) is 0 Å². The van der Waals surface area contributed by atoms with Gasteiger partial charge in [-0.2, -0.15) is 0 Å². The number of anilines is 2. The van der Waals surface area contributed by atoms with Gasteiger partial charge in [0.15, 0.2) is 11.6 Å². The second kappa shape index (κ2) is 5.98. The number of methoxy groups -OCH3 is 1. The number of hydrogen-bond acceptors (Lipinski definition) is 4. The van der Waals surface area contributed by atoms with Crippen LogP contribution in [0.2, 0.25) is 5.02 Å². The van der Waals surface area contributed by atoms with Gasteiger partial charge >= 0.3 is 0 Å². The van der Waals surface area contributed by atoms with Crippen LogP contribution in [0.4, 0.5) is 15.8 Å². The fraction of sp³-hybridized carbons (Fsp3) is 0.143. The third kappa shape index (κ3) is 2.95. The Bertz CT molecular complexity index is 635. The first kappa shape index (κ1) is 14.4. The zero-order valence-electron chi connectivity index (χ0n) is 10.8. The molecule has 0 fully saturated rings. The Morgan fingerprint density at radius 3 is 2.65 bits per heavy atom. The van der Waals surface area contributed by atoms with Crippen molar-refractivity contribution in [1.82, 2.24) is 0 Å². The van der Waals surface area contributed by atoms with Crippen molar-refractivity contribution >= 4 is 23.0 Å². The van der Waals surface area contributed by atoms with E-state index in [1.807, 2.05) is 6.07 Å². The number of nitrogen functional groups attached to an aromatic ring is 2. The molecule has 0 amide bonds. The average Bonchev–Trinajstić information content (AvgIpc) is 2.42. The Labute approximate surface area is 121 Å². The highest BCUT2D eigenvalue weighted by molar-refractivity contribution is 6.33. The van der Waals surface area contributed by atoms with Crippen LogP contribution in [0.5, 0.6) is 11.5 Å². The first-order valence-electron chi connectivity index (χ1n) is 5.81. The topological polar surface area (TPSA) is 70.5 Å². The molecule has 0 bridgehead atoms. The minimum absolute atomic E-state index is 0.0714. The van der Waals surface area contributed by atoms with Gasteiger partial charge in [-0.05, 0) is 23.8 Å². The minimum atomic E-state index is -0.777. The van der Waals surface area contributed by atoms with Crippen molar-refractivity contribution in [1.29, 1.82) is 0 Å². The molecule has 4 N–H and O–H groups in total. The molecule has 0 unspecified atom stereocenters. The third-order valence-corrected chi connectivity index (χ3v) is 3.03. The summed E-state index contributed by atoms with van der Waals surface area (Å²) in [6.07, 6.45) is 0. The molecule has 4 nitrogen and oxygen atoms in total. The standard InChI is InChI=1S/C14H14ClFN2O2/c1-19-7-8-3-2-4-9(5-8)20-14-11(18)6-10(17)12(15)13(14)16/h2-6H,7,17-18H2,1H3. The lowest BCUT2D eigenvalue weighted by molar-refractivity contribution is 0.184. The van der Waals surface area contributed by atoms with E-state index in [2.05, 4.69) is 0 Å². The zero-order chi connectivity index (χ0) is 14.7. The summed E-state index contributed by atoms with van der Waals surface area (Å²) in [6, 6.07) is 8.41. The molecular weight excluding hydrogens is 283 g/mol. The van der Waals surface area contributed by atoms with Crippen molar-refractivity contribution in [3.05, 3.63) is 46.7 Å². The Hall–Kier alpha value is -1.98. The van der Waals surface area contributed by atoms with Crippen LogP contribution in [0.3, 0.4) is 0 Å². The van der Waals surface area contributed by atoms with Crippen LogP contribution in [-0.2, 0) is 11.3 Å². The van der Waals surface area contributed by atoms with Gasteiger partial charge in [-0.1, -0.05) is 23.7 Å². The molecule has 2 aromatic rings. The molecule has 0 aliphatic carbocycles. The number of halogens is 2. The Morgan fingerprint density at radius 1 is 1.20 bits per heavy atom. The highest BCUT2D eigenvalue weighted by Crippen LogP contribution is 2.38. The number of benzene rings is 2. The first-order chi connectivity index (χ1) is 9.52. The molecule has 0 heterocycles. The third-order valence-electron chi connectivity index (χ3n) is 2.65. The zero-order valence-corrected chi connectivity index (χ0v) is 11.6. The molecule has 0 radical (unpaired) electrons. The van der Waals surface area contributed by atoms with Crippen LogP contribution in [0, 0.1) is 5.82 Å². The maximum Gasteiger partial charge on any atom is 0.188 e. The van der Waals surface area contributed by atoms with Crippen LogP contribution in [-0.4, -0.2) is 7.11 Å². The van der Waals surface area contributed by atoms with E-state index in [9.17, 15) is 4.39 Å².